The number of aryl methyl sites for hydroxylation is 1. The van der Waals surface area contributed by atoms with E-state index in [2.05, 4.69) is 4.72 Å². The average molecular weight is 387 g/mol. The van der Waals surface area contributed by atoms with Gasteiger partial charge in [0, 0.05) is 18.7 Å². The minimum Gasteiger partial charge on any atom is -0.339 e. The van der Waals surface area contributed by atoms with Crippen LogP contribution in [0.4, 0.5) is 5.69 Å². The maximum atomic E-state index is 12.9. The molecule has 1 N–H and O–H groups in total. The van der Waals surface area contributed by atoms with Crippen molar-refractivity contribution in [3.8, 4) is 0 Å². The molecule has 6 heteroatoms. The van der Waals surface area contributed by atoms with Gasteiger partial charge in [0.25, 0.3) is 15.9 Å². The maximum absolute atomic E-state index is 12.9. The lowest BCUT2D eigenvalue weighted by atomic mass is 10.0. The van der Waals surface area contributed by atoms with E-state index in [0.29, 0.717) is 16.8 Å². The number of nitrogens with zero attached hydrogens (tertiary/aromatic N) is 1. The summed E-state index contributed by atoms with van der Waals surface area (Å²) in [7, 11) is -1.87. The molecule has 0 aromatic heterocycles. The van der Waals surface area contributed by atoms with Gasteiger partial charge in [0.1, 0.15) is 0 Å². The first kappa shape index (κ1) is 19.4. The van der Waals surface area contributed by atoms with Gasteiger partial charge in [-0.2, -0.15) is 0 Å². The van der Waals surface area contributed by atoms with Crippen LogP contribution in [-0.2, 0) is 10.0 Å². The quantitative estimate of drug-likeness (QED) is 0.841. The topological polar surface area (TPSA) is 66.5 Å². The fraction of sp³-hybridized carbons (Fsp3) is 0.381. The summed E-state index contributed by atoms with van der Waals surface area (Å²) in [4.78, 5) is 14.9. The highest BCUT2D eigenvalue weighted by Gasteiger charge is 2.26. The molecule has 144 valence electrons. The van der Waals surface area contributed by atoms with Gasteiger partial charge in [-0.15, -0.1) is 0 Å². The van der Waals surface area contributed by atoms with E-state index in [0.717, 1.165) is 31.2 Å². The minimum atomic E-state index is -3.71. The lowest BCUT2D eigenvalue weighted by Gasteiger charge is -2.25. The molecule has 1 aliphatic carbocycles. The van der Waals surface area contributed by atoms with Crippen LogP contribution in [0.3, 0.4) is 0 Å². The van der Waals surface area contributed by atoms with Crippen LogP contribution in [0, 0.1) is 13.8 Å². The molecule has 0 radical (unpaired) electrons. The van der Waals surface area contributed by atoms with Gasteiger partial charge < -0.3 is 4.90 Å². The number of rotatable bonds is 5. The second-order valence-electron chi connectivity index (χ2n) is 7.25. The average Bonchev–Trinajstić information content (AvgIpc) is 3.17. The van der Waals surface area contributed by atoms with E-state index in [-0.39, 0.29) is 16.8 Å². The van der Waals surface area contributed by atoms with Gasteiger partial charge in [-0.1, -0.05) is 36.6 Å². The van der Waals surface area contributed by atoms with E-state index in [9.17, 15) is 13.2 Å². The van der Waals surface area contributed by atoms with Crippen molar-refractivity contribution in [3.63, 3.8) is 0 Å². The Labute approximate surface area is 161 Å². The Bertz CT molecular complexity index is 930. The second-order valence-corrected chi connectivity index (χ2v) is 8.93. The van der Waals surface area contributed by atoms with Crippen molar-refractivity contribution >= 4 is 21.6 Å². The zero-order valence-electron chi connectivity index (χ0n) is 16.0. The monoisotopic (exact) mass is 386 g/mol. The molecule has 2 aromatic carbocycles. The predicted octanol–water partition coefficient (Wildman–Crippen LogP) is 4.12. The van der Waals surface area contributed by atoms with E-state index in [1.807, 2.05) is 14.0 Å². The van der Waals surface area contributed by atoms with Gasteiger partial charge in [-0.3, -0.25) is 9.52 Å². The van der Waals surface area contributed by atoms with Crippen LogP contribution in [0.15, 0.2) is 47.4 Å². The van der Waals surface area contributed by atoms with Crippen molar-refractivity contribution in [2.24, 2.45) is 0 Å². The van der Waals surface area contributed by atoms with Gasteiger partial charge in [0.15, 0.2) is 0 Å². The largest absolute Gasteiger partial charge is 0.339 e. The molecule has 1 saturated carbocycles. The highest BCUT2D eigenvalue weighted by atomic mass is 32.2. The zero-order valence-corrected chi connectivity index (χ0v) is 16.8. The summed E-state index contributed by atoms with van der Waals surface area (Å²) in [5.41, 5.74) is 2.60. The van der Waals surface area contributed by atoms with Gasteiger partial charge in [0.05, 0.1) is 10.6 Å². The normalized spacial score (nSPS) is 14.9. The fourth-order valence-electron chi connectivity index (χ4n) is 3.55. The highest BCUT2D eigenvalue weighted by molar-refractivity contribution is 7.92. The number of benzene rings is 2. The van der Waals surface area contributed by atoms with Gasteiger partial charge >= 0.3 is 0 Å². The van der Waals surface area contributed by atoms with Crippen molar-refractivity contribution in [2.45, 2.75) is 50.5 Å². The zero-order chi connectivity index (χ0) is 19.6. The molecule has 0 spiro atoms. The Morgan fingerprint density at radius 3 is 2.30 bits per heavy atom. The Kier molecular flexibility index (Phi) is 5.56. The summed E-state index contributed by atoms with van der Waals surface area (Å²) in [6.07, 6.45) is 4.36. The minimum absolute atomic E-state index is 0.0595. The first-order chi connectivity index (χ1) is 12.8. The Morgan fingerprint density at radius 2 is 1.67 bits per heavy atom. The number of sulfonamides is 1. The van der Waals surface area contributed by atoms with Crippen molar-refractivity contribution < 1.29 is 13.2 Å². The first-order valence-electron chi connectivity index (χ1n) is 9.26. The van der Waals surface area contributed by atoms with E-state index >= 15 is 0 Å². The lowest BCUT2D eigenvalue weighted by molar-refractivity contribution is 0.0734. The summed E-state index contributed by atoms with van der Waals surface area (Å²) < 4.78 is 28.0. The summed E-state index contributed by atoms with van der Waals surface area (Å²) in [5, 5.41) is 0. The van der Waals surface area contributed by atoms with Gasteiger partial charge in [-0.05, 0) is 56.5 Å². The number of anilines is 1. The van der Waals surface area contributed by atoms with E-state index < -0.39 is 10.0 Å². The molecule has 0 bridgehead atoms. The highest BCUT2D eigenvalue weighted by Crippen LogP contribution is 2.27. The number of hydrogen-bond donors (Lipinski definition) is 1. The first-order valence-corrected chi connectivity index (χ1v) is 10.7. The number of carbonyl (C=O) groups excluding carboxylic acids is 1. The number of amides is 1. The van der Waals surface area contributed by atoms with Crippen LogP contribution >= 0.6 is 0 Å². The molecular formula is C21H26N2O3S. The van der Waals surface area contributed by atoms with Crippen LogP contribution in [0.25, 0.3) is 0 Å². The third-order valence-electron chi connectivity index (χ3n) is 5.33. The summed E-state index contributed by atoms with van der Waals surface area (Å²) in [6.45, 7) is 3.69. The molecule has 2 aromatic rings. The third-order valence-corrected chi connectivity index (χ3v) is 6.71. The van der Waals surface area contributed by atoms with Crippen LogP contribution in [-0.4, -0.2) is 32.3 Å². The Hall–Kier alpha value is -2.34. The van der Waals surface area contributed by atoms with Crippen molar-refractivity contribution in [3.05, 3.63) is 59.2 Å². The standard InChI is InChI=1S/C21H26N2O3S/c1-15-11-13-18(14-12-15)27(25,26)22-20-10-6-9-19(16(20)2)21(24)23(3)17-7-4-5-8-17/h6,9-14,17,22H,4-5,7-8H2,1-3H3. The molecule has 1 fully saturated rings. The van der Waals surface area contributed by atoms with E-state index in [1.165, 1.54) is 0 Å². The van der Waals surface area contributed by atoms with Gasteiger partial charge in [0.2, 0.25) is 0 Å². The number of hydrogen-bond acceptors (Lipinski definition) is 3. The molecule has 0 atom stereocenters. The summed E-state index contributed by atoms with van der Waals surface area (Å²) >= 11 is 0. The summed E-state index contributed by atoms with van der Waals surface area (Å²) in [6, 6.07) is 12.1. The molecule has 5 nitrogen and oxygen atoms in total. The molecular weight excluding hydrogens is 360 g/mol. The second kappa shape index (κ2) is 7.72. The molecule has 0 heterocycles. The van der Waals surface area contributed by atoms with Crippen molar-refractivity contribution in [1.29, 1.82) is 0 Å². The van der Waals surface area contributed by atoms with E-state index in [4.69, 9.17) is 0 Å². The third kappa shape index (κ3) is 4.16. The Morgan fingerprint density at radius 1 is 1.04 bits per heavy atom. The van der Waals surface area contributed by atoms with Crippen LogP contribution in [0.5, 0.6) is 0 Å². The molecule has 1 amide bonds. The number of carbonyl (C=O) groups is 1. The van der Waals surface area contributed by atoms with E-state index in [1.54, 1.807) is 54.3 Å². The summed E-state index contributed by atoms with van der Waals surface area (Å²) in [5.74, 6) is -0.0595. The molecule has 1 aliphatic rings. The fourth-order valence-corrected chi connectivity index (χ4v) is 4.67. The maximum Gasteiger partial charge on any atom is 0.261 e. The van der Waals surface area contributed by atoms with Gasteiger partial charge in [-0.25, -0.2) is 8.42 Å². The van der Waals surface area contributed by atoms with Crippen LogP contribution in [0.1, 0.15) is 47.2 Å². The van der Waals surface area contributed by atoms with Crippen LogP contribution in [0.2, 0.25) is 0 Å². The SMILES string of the molecule is Cc1ccc(S(=O)(=O)Nc2cccc(C(=O)N(C)C3CCCC3)c2C)cc1. The molecule has 0 unspecified atom stereocenters. The van der Waals surface area contributed by atoms with Crippen molar-refractivity contribution in [1.82, 2.24) is 4.90 Å². The number of nitrogens with one attached hydrogen (secondary N) is 1. The smallest absolute Gasteiger partial charge is 0.261 e. The molecule has 3 rings (SSSR count). The molecule has 0 saturated heterocycles. The lowest BCUT2D eigenvalue weighted by Crippen LogP contribution is -2.35. The Balaban J connectivity index is 1.86. The van der Waals surface area contributed by atoms with Crippen molar-refractivity contribution in [2.75, 3.05) is 11.8 Å². The predicted molar refractivity (Wildman–Crippen MR) is 108 cm³/mol. The van der Waals surface area contributed by atoms with Crippen LogP contribution < -0.4 is 4.72 Å². The molecule has 27 heavy (non-hydrogen) atoms. The molecule has 0 aliphatic heterocycles.